The molecule has 0 fully saturated rings. The number of ether oxygens (including phenoxy) is 2. The van der Waals surface area contributed by atoms with Crippen LogP contribution in [0.15, 0.2) is 12.7 Å². The normalized spacial score (nSPS) is 11.4. The van der Waals surface area contributed by atoms with Gasteiger partial charge in [0.15, 0.2) is 0 Å². The number of aliphatic carboxylic acids is 1. The predicted octanol–water partition coefficient (Wildman–Crippen LogP) is 1.68. The van der Waals surface area contributed by atoms with Crippen molar-refractivity contribution in [1.29, 1.82) is 0 Å². The lowest BCUT2D eigenvalue weighted by atomic mass is 10.2. The first-order valence-corrected chi connectivity index (χ1v) is 6.20. The lowest BCUT2D eigenvalue weighted by molar-refractivity contribution is -0.155. The third kappa shape index (κ3) is 9.82. The fourth-order valence-corrected chi connectivity index (χ4v) is 1.25. The number of hydrogen-bond donors (Lipinski definition) is 1. The van der Waals surface area contributed by atoms with Crippen LogP contribution >= 0.6 is 0 Å². The Labute approximate surface area is 112 Å². The van der Waals surface area contributed by atoms with E-state index < -0.39 is 24.0 Å². The number of unbranched alkanes of at least 4 members (excludes halogenated alkanes) is 1. The molecular formula is C13H20O6. The summed E-state index contributed by atoms with van der Waals surface area (Å²) in [6.07, 6.45) is 2.22. The summed E-state index contributed by atoms with van der Waals surface area (Å²) in [7, 11) is 0. The van der Waals surface area contributed by atoms with Gasteiger partial charge in [-0.3, -0.25) is 9.59 Å². The van der Waals surface area contributed by atoms with E-state index in [-0.39, 0.29) is 19.4 Å². The highest BCUT2D eigenvalue weighted by Gasteiger charge is 2.13. The molecule has 0 saturated heterocycles. The first-order chi connectivity index (χ1) is 8.99. The second kappa shape index (κ2) is 10.1. The smallest absolute Gasteiger partial charge is 0.330 e. The summed E-state index contributed by atoms with van der Waals surface area (Å²) in [6.45, 7) is 5.09. The predicted molar refractivity (Wildman–Crippen MR) is 67.4 cm³/mol. The molecule has 0 aliphatic heterocycles. The highest BCUT2D eigenvalue weighted by Crippen LogP contribution is 2.04. The first-order valence-electron chi connectivity index (χ1n) is 6.20. The molecule has 6 heteroatoms. The zero-order chi connectivity index (χ0) is 14.7. The summed E-state index contributed by atoms with van der Waals surface area (Å²) in [5.74, 6) is -1.85. The first kappa shape index (κ1) is 17.2. The van der Waals surface area contributed by atoms with Gasteiger partial charge in [0.2, 0.25) is 0 Å². The Morgan fingerprint density at radius 2 is 1.89 bits per heavy atom. The summed E-state index contributed by atoms with van der Waals surface area (Å²) in [5, 5.41) is 8.42. The third-order valence-electron chi connectivity index (χ3n) is 2.36. The minimum absolute atomic E-state index is 0.00778. The number of carboxylic acid groups (broad SMARTS) is 1. The third-order valence-corrected chi connectivity index (χ3v) is 2.36. The Morgan fingerprint density at radius 3 is 2.42 bits per heavy atom. The molecule has 0 aliphatic carbocycles. The number of carboxylic acids is 1. The van der Waals surface area contributed by atoms with Gasteiger partial charge in [-0.05, 0) is 19.3 Å². The molecule has 108 valence electrons. The van der Waals surface area contributed by atoms with Crippen LogP contribution in [-0.4, -0.2) is 35.7 Å². The van der Waals surface area contributed by atoms with E-state index >= 15 is 0 Å². The van der Waals surface area contributed by atoms with Gasteiger partial charge in [0.1, 0.15) is 12.7 Å². The fourth-order valence-electron chi connectivity index (χ4n) is 1.25. The minimum atomic E-state index is -0.879. The SMILES string of the molecule is C=CC(=O)OC(CC)COC(=O)CCCCC(=O)O. The molecule has 19 heavy (non-hydrogen) atoms. The standard InChI is InChI=1S/C13H20O6/c1-3-10(19-12(16)4-2)9-18-13(17)8-6-5-7-11(14)15/h4,10H,2-3,5-9H2,1H3,(H,14,15). The highest BCUT2D eigenvalue weighted by molar-refractivity contribution is 5.81. The van der Waals surface area contributed by atoms with E-state index in [4.69, 9.17) is 14.6 Å². The molecule has 1 unspecified atom stereocenters. The summed E-state index contributed by atoms with van der Waals surface area (Å²) < 4.78 is 9.89. The van der Waals surface area contributed by atoms with Gasteiger partial charge in [-0.2, -0.15) is 0 Å². The number of carbonyl (C=O) groups excluding carboxylic acids is 2. The van der Waals surface area contributed by atoms with Crippen LogP contribution in [0, 0.1) is 0 Å². The lowest BCUT2D eigenvalue weighted by Crippen LogP contribution is -2.23. The van der Waals surface area contributed by atoms with E-state index in [0.717, 1.165) is 6.08 Å². The molecule has 0 heterocycles. The Morgan fingerprint density at radius 1 is 1.26 bits per heavy atom. The minimum Gasteiger partial charge on any atom is -0.481 e. The average Bonchev–Trinajstić information content (AvgIpc) is 2.38. The average molecular weight is 272 g/mol. The van der Waals surface area contributed by atoms with Crippen molar-refractivity contribution < 1.29 is 29.0 Å². The van der Waals surface area contributed by atoms with E-state index in [2.05, 4.69) is 6.58 Å². The molecule has 0 saturated carbocycles. The molecule has 0 aromatic heterocycles. The fraction of sp³-hybridized carbons (Fsp3) is 0.615. The molecule has 0 spiro atoms. The highest BCUT2D eigenvalue weighted by atomic mass is 16.6. The van der Waals surface area contributed by atoms with Gasteiger partial charge in [0, 0.05) is 18.9 Å². The molecule has 1 N–H and O–H groups in total. The molecule has 0 radical (unpaired) electrons. The lowest BCUT2D eigenvalue weighted by Gasteiger charge is -2.15. The summed E-state index contributed by atoms with van der Waals surface area (Å²) >= 11 is 0. The largest absolute Gasteiger partial charge is 0.481 e. The molecule has 0 bridgehead atoms. The van der Waals surface area contributed by atoms with Crippen molar-refractivity contribution in [2.24, 2.45) is 0 Å². The molecule has 0 aliphatic rings. The van der Waals surface area contributed by atoms with Gasteiger partial charge >= 0.3 is 17.9 Å². The number of esters is 2. The van der Waals surface area contributed by atoms with Crippen LogP contribution in [0.1, 0.15) is 39.0 Å². The molecule has 1 atom stereocenters. The van der Waals surface area contributed by atoms with Crippen LogP contribution in [0.5, 0.6) is 0 Å². The Kier molecular flexibility index (Phi) is 9.12. The number of hydrogen-bond acceptors (Lipinski definition) is 5. The van der Waals surface area contributed by atoms with Crippen molar-refractivity contribution in [3.05, 3.63) is 12.7 Å². The summed E-state index contributed by atoms with van der Waals surface area (Å²) in [5.41, 5.74) is 0. The van der Waals surface area contributed by atoms with Crippen molar-refractivity contribution in [3.63, 3.8) is 0 Å². The molecular weight excluding hydrogens is 252 g/mol. The van der Waals surface area contributed by atoms with E-state index in [1.165, 1.54) is 0 Å². The second-order valence-corrected chi connectivity index (χ2v) is 3.96. The van der Waals surface area contributed by atoms with Gasteiger partial charge in [-0.25, -0.2) is 4.79 Å². The van der Waals surface area contributed by atoms with E-state index in [1.54, 1.807) is 0 Å². The Balaban J connectivity index is 3.77. The molecule has 0 amide bonds. The quantitative estimate of drug-likeness (QED) is 0.369. The Hall–Kier alpha value is -1.85. The van der Waals surface area contributed by atoms with Gasteiger partial charge < -0.3 is 14.6 Å². The molecule has 6 nitrogen and oxygen atoms in total. The molecule has 0 aromatic rings. The van der Waals surface area contributed by atoms with E-state index in [9.17, 15) is 14.4 Å². The zero-order valence-corrected chi connectivity index (χ0v) is 11.1. The van der Waals surface area contributed by atoms with Crippen LogP contribution in [0.25, 0.3) is 0 Å². The topological polar surface area (TPSA) is 89.9 Å². The van der Waals surface area contributed by atoms with Crippen molar-refractivity contribution in [1.82, 2.24) is 0 Å². The van der Waals surface area contributed by atoms with Crippen molar-refractivity contribution in [3.8, 4) is 0 Å². The zero-order valence-electron chi connectivity index (χ0n) is 11.1. The van der Waals surface area contributed by atoms with Crippen molar-refractivity contribution in [2.75, 3.05) is 6.61 Å². The maximum Gasteiger partial charge on any atom is 0.330 e. The van der Waals surface area contributed by atoms with Crippen LogP contribution in [-0.2, 0) is 23.9 Å². The van der Waals surface area contributed by atoms with Crippen molar-refractivity contribution in [2.45, 2.75) is 45.1 Å². The van der Waals surface area contributed by atoms with Gasteiger partial charge in [-0.15, -0.1) is 0 Å². The number of carbonyl (C=O) groups is 3. The summed E-state index contributed by atoms with van der Waals surface area (Å²) in [4.78, 5) is 32.6. The number of rotatable bonds is 10. The monoisotopic (exact) mass is 272 g/mol. The second-order valence-electron chi connectivity index (χ2n) is 3.96. The Bertz CT molecular complexity index is 323. The van der Waals surface area contributed by atoms with Gasteiger partial charge in [-0.1, -0.05) is 13.5 Å². The molecule has 0 rings (SSSR count). The van der Waals surface area contributed by atoms with E-state index in [0.29, 0.717) is 19.3 Å². The maximum absolute atomic E-state index is 11.3. The van der Waals surface area contributed by atoms with Crippen LogP contribution < -0.4 is 0 Å². The van der Waals surface area contributed by atoms with Crippen LogP contribution in [0.2, 0.25) is 0 Å². The van der Waals surface area contributed by atoms with E-state index in [1.807, 2.05) is 6.92 Å². The van der Waals surface area contributed by atoms with Crippen molar-refractivity contribution >= 4 is 17.9 Å². The maximum atomic E-state index is 11.3. The molecule has 0 aromatic carbocycles. The summed E-state index contributed by atoms with van der Waals surface area (Å²) in [6, 6.07) is 0. The van der Waals surface area contributed by atoms with Crippen LogP contribution in [0.3, 0.4) is 0 Å². The van der Waals surface area contributed by atoms with Crippen LogP contribution in [0.4, 0.5) is 0 Å². The van der Waals surface area contributed by atoms with Gasteiger partial charge in [0.25, 0.3) is 0 Å². The van der Waals surface area contributed by atoms with Gasteiger partial charge in [0.05, 0.1) is 0 Å².